The minimum Gasteiger partial charge on any atom is -0.396 e. The van der Waals surface area contributed by atoms with Crippen LogP contribution >= 0.6 is 11.6 Å². The lowest BCUT2D eigenvalue weighted by Crippen LogP contribution is -1.88. The Morgan fingerprint density at radius 2 is 2.08 bits per heavy atom. The Hall–Kier alpha value is -1.42. The van der Waals surface area contributed by atoms with E-state index in [2.05, 4.69) is 9.97 Å². The Morgan fingerprint density at radius 3 is 2.83 bits per heavy atom. The molecule has 1 heterocycles. The van der Waals surface area contributed by atoms with Gasteiger partial charge in [-0.3, -0.25) is 0 Å². The van der Waals surface area contributed by atoms with Gasteiger partial charge in [0.25, 0.3) is 0 Å². The molecular formula is C7H7ClN4. The van der Waals surface area contributed by atoms with Crippen molar-refractivity contribution < 1.29 is 0 Å². The number of halogens is 1. The van der Waals surface area contributed by atoms with Crippen LogP contribution < -0.4 is 11.5 Å². The average Bonchev–Trinajstić information content (AvgIpc) is 2.39. The molecule has 62 valence electrons. The van der Waals surface area contributed by atoms with Crippen LogP contribution in [0.2, 0.25) is 5.02 Å². The number of benzene rings is 1. The molecule has 5 heteroatoms. The number of nitrogens with zero attached hydrogens (tertiary/aromatic N) is 1. The van der Waals surface area contributed by atoms with E-state index >= 15 is 0 Å². The number of imidazole rings is 1. The highest BCUT2D eigenvalue weighted by atomic mass is 35.5. The van der Waals surface area contributed by atoms with E-state index in [1.807, 2.05) is 0 Å². The molecule has 0 aliphatic carbocycles. The highest BCUT2D eigenvalue weighted by Gasteiger charge is 2.05. The minimum atomic E-state index is 0.346. The second-order valence-corrected chi connectivity index (χ2v) is 2.89. The normalized spacial score (nSPS) is 10.8. The number of hydrogen-bond donors (Lipinski definition) is 3. The summed E-state index contributed by atoms with van der Waals surface area (Å²) in [4.78, 5) is 6.84. The van der Waals surface area contributed by atoms with Gasteiger partial charge in [0, 0.05) is 0 Å². The van der Waals surface area contributed by atoms with Crippen molar-refractivity contribution in [1.29, 1.82) is 0 Å². The van der Waals surface area contributed by atoms with Gasteiger partial charge < -0.3 is 16.5 Å². The monoisotopic (exact) mass is 182 g/mol. The number of aromatic nitrogens is 2. The maximum Gasteiger partial charge on any atom is 0.198 e. The van der Waals surface area contributed by atoms with Crippen LogP contribution in [0.25, 0.3) is 11.0 Å². The van der Waals surface area contributed by atoms with Crippen molar-refractivity contribution in [2.75, 3.05) is 11.5 Å². The lowest BCUT2D eigenvalue weighted by atomic mass is 10.3. The molecule has 0 aliphatic heterocycles. The summed E-state index contributed by atoms with van der Waals surface area (Å²) in [5, 5.41) is 0.494. The molecule has 0 amide bonds. The molecule has 1 aromatic carbocycles. The van der Waals surface area contributed by atoms with Crippen LogP contribution in [0.3, 0.4) is 0 Å². The lowest BCUT2D eigenvalue weighted by molar-refractivity contribution is 1.35. The molecule has 0 unspecified atom stereocenters. The van der Waals surface area contributed by atoms with Gasteiger partial charge in [-0.25, -0.2) is 4.98 Å². The molecule has 0 saturated carbocycles. The second-order valence-electron chi connectivity index (χ2n) is 2.48. The van der Waals surface area contributed by atoms with Gasteiger partial charge >= 0.3 is 0 Å². The van der Waals surface area contributed by atoms with Gasteiger partial charge in [0.1, 0.15) is 5.52 Å². The predicted molar refractivity (Wildman–Crippen MR) is 49.9 cm³/mol. The first-order valence-corrected chi connectivity index (χ1v) is 3.75. The molecule has 0 atom stereocenters. The van der Waals surface area contributed by atoms with E-state index in [9.17, 15) is 0 Å². The summed E-state index contributed by atoms with van der Waals surface area (Å²) < 4.78 is 0. The van der Waals surface area contributed by atoms with Gasteiger partial charge in [-0.1, -0.05) is 11.6 Å². The molecule has 5 N–H and O–H groups in total. The van der Waals surface area contributed by atoms with Crippen LogP contribution in [-0.2, 0) is 0 Å². The van der Waals surface area contributed by atoms with E-state index in [1.165, 1.54) is 0 Å². The standard InChI is InChI=1S/C7H7ClN4/c8-3-1-2-4-6(5(3)9)12-7(10)11-4/h1-2H,9H2,(H3,10,11,12). The van der Waals surface area contributed by atoms with Crippen molar-refractivity contribution in [3.8, 4) is 0 Å². The quantitative estimate of drug-likeness (QED) is 0.539. The van der Waals surface area contributed by atoms with E-state index < -0.39 is 0 Å². The number of aromatic amines is 1. The maximum absolute atomic E-state index is 5.78. The van der Waals surface area contributed by atoms with E-state index in [1.54, 1.807) is 12.1 Å². The molecule has 1 aromatic heterocycles. The van der Waals surface area contributed by atoms with Crippen molar-refractivity contribution in [3.63, 3.8) is 0 Å². The van der Waals surface area contributed by atoms with Crippen LogP contribution in [0.5, 0.6) is 0 Å². The summed E-state index contributed by atoms with van der Waals surface area (Å²) in [6.07, 6.45) is 0. The van der Waals surface area contributed by atoms with E-state index in [0.29, 0.717) is 22.2 Å². The molecule has 0 spiro atoms. The summed E-state index contributed by atoms with van der Waals surface area (Å²) in [6.45, 7) is 0. The molecule has 4 nitrogen and oxygen atoms in total. The second kappa shape index (κ2) is 2.28. The number of nitrogens with one attached hydrogen (secondary N) is 1. The Balaban J connectivity index is 2.89. The van der Waals surface area contributed by atoms with Gasteiger partial charge in [-0.2, -0.15) is 0 Å². The van der Waals surface area contributed by atoms with Crippen molar-refractivity contribution in [2.45, 2.75) is 0 Å². The Kier molecular flexibility index (Phi) is 1.38. The number of anilines is 2. The SMILES string of the molecule is Nc1nc2c(N)c(Cl)ccc2[nH]1. The fraction of sp³-hybridized carbons (Fsp3) is 0. The van der Waals surface area contributed by atoms with Crippen molar-refractivity contribution in [1.82, 2.24) is 9.97 Å². The fourth-order valence-corrected chi connectivity index (χ4v) is 1.24. The molecule has 0 fully saturated rings. The van der Waals surface area contributed by atoms with Crippen molar-refractivity contribution in [3.05, 3.63) is 17.2 Å². The van der Waals surface area contributed by atoms with Gasteiger partial charge in [0.15, 0.2) is 5.95 Å². The fourth-order valence-electron chi connectivity index (χ4n) is 1.09. The number of nitrogen functional groups attached to an aromatic ring is 2. The summed E-state index contributed by atoms with van der Waals surface area (Å²) in [5.41, 5.74) is 13.0. The summed E-state index contributed by atoms with van der Waals surface area (Å²) in [5.74, 6) is 0.346. The van der Waals surface area contributed by atoms with Crippen molar-refractivity contribution in [2.24, 2.45) is 0 Å². The highest BCUT2D eigenvalue weighted by molar-refractivity contribution is 6.34. The van der Waals surface area contributed by atoms with Gasteiger partial charge in [-0.05, 0) is 12.1 Å². The Morgan fingerprint density at radius 1 is 1.33 bits per heavy atom. The number of hydrogen-bond acceptors (Lipinski definition) is 3. The molecular weight excluding hydrogens is 176 g/mol. The first-order chi connectivity index (χ1) is 5.68. The molecule has 12 heavy (non-hydrogen) atoms. The largest absolute Gasteiger partial charge is 0.396 e. The summed E-state index contributed by atoms with van der Waals surface area (Å²) in [6, 6.07) is 3.49. The molecule has 0 radical (unpaired) electrons. The first kappa shape index (κ1) is 7.24. The maximum atomic E-state index is 5.78. The highest BCUT2D eigenvalue weighted by Crippen LogP contribution is 2.26. The molecule has 0 aliphatic rings. The van der Waals surface area contributed by atoms with Gasteiger partial charge in [0.05, 0.1) is 16.2 Å². The topological polar surface area (TPSA) is 80.7 Å². The van der Waals surface area contributed by atoms with Gasteiger partial charge in [0.2, 0.25) is 0 Å². The third kappa shape index (κ3) is 0.887. The molecule has 2 aromatic rings. The lowest BCUT2D eigenvalue weighted by Gasteiger charge is -1.95. The van der Waals surface area contributed by atoms with Crippen LogP contribution in [-0.4, -0.2) is 9.97 Å². The van der Waals surface area contributed by atoms with E-state index in [-0.39, 0.29) is 0 Å². The van der Waals surface area contributed by atoms with Crippen LogP contribution in [0.1, 0.15) is 0 Å². The summed E-state index contributed by atoms with van der Waals surface area (Å²) in [7, 11) is 0. The Bertz CT molecular complexity index is 434. The molecule has 2 rings (SSSR count). The Labute approximate surface area is 73.5 Å². The van der Waals surface area contributed by atoms with Crippen LogP contribution in [0.15, 0.2) is 12.1 Å². The van der Waals surface area contributed by atoms with Gasteiger partial charge in [-0.15, -0.1) is 0 Å². The zero-order chi connectivity index (χ0) is 8.72. The predicted octanol–water partition coefficient (Wildman–Crippen LogP) is 1.38. The average molecular weight is 183 g/mol. The zero-order valence-corrected chi connectivity index (χ0v) is 6.89. The molecule has 0 bridgehead atoms. The molecule has 0 saturated heterocycles. The number of nitrogens with two attached hydrogens (primary N) is 2. The van der Waals surface area contributed by atoms with E-state index in [4.69, 9.17) is 23.1 Å². The third-order valence-corrected chi connectivity index (χ3v) is 1.99. The third-order valence-electron chi connectivity index (χ3n) is 1.66. The van der Waals surface area contributed by atoms with Crippen LogP contribution in [0, 0.1) is 0 Å². The smallest absolute Gasteiger partial charge is 0.198 e. The first-order valence-electron chi connectivity index (χ1n) is 3.37. The van der Waals surface area contributed by atoms with Crippen LogP contribution in [0.4, 0.5) is 11.6 Å². The number of fused-ring (bicyclic) bond motifs is 1. The summed E-state index contributed by atoms with van der Waals surface area (Å²) >= 11 is 5.78. The number of rotatable bonds is 0. The minimum absolute atomic E-state index is 0.346. The zero-order valence-electron chi connectivity index (χ0n) is 6.13. The van der Waals surface area contributed by atoms with E-state index in [0.717, 1.165) is 5.52 Å². The number of H-pyrrole nitrogens is 1. The van der Waals surface area contributed by atoms with Crippen molar-refractivity contribution >= 4 is 34.3 Å².